The van der Waals surface area contributed by atoms with Crippen LogP contribution in [0, 0.1) is 5.92 Å². The smallest absolute Gasteiger partial charge is 0.338 e. The molecule has 0 fully saturated rings. The molecule has 0 unspecified atom stereocenters. The van der Waals surface area contributed by atoms with Gasteiger partial charge in [-0.2, -0.15) is 0 Å². The van der Waals surface area contributed by atoms with Gasteiger partial charge in [-0.15, -0.1) is 0 Å². The summed E-state index contributed by atoms with van der Waals surface area (Å²) in [6.45, 7) is 10.2. The normalized spacial score (nSPS) is 13.7. The maximum atomic E-state index is 13.4. The molecule has 0 bridgehead atoms. The number of ether oxygens (including phenoxy) is 2. The first-order chi connectivity index (χ1) is 25.5. The van der Waals surface area contributed by atoms with Crippen molar-refractivity contribution in [2.45, 2.75) is 84.4 Å². The fraction of sp³-hybridized carbons (Fsp3) is 0.568. The van der Waals surface area contributed by atoms with Crippen LogP contribution >= 0.6 is 0 Å². The third-order valence-corrected chi connectivity index (χ3v) is 7.91. The molecular formula is C37H55N7O10. The number of urea groups is 1. The summed E-state index contributed by atoms with van der Waals surface area (Å²) in [6.07, 6.45) is 2.98. The topological polar surface area (TPSA) is 244 Å². The standard InChI is InChI=1S/C37H55N7O10/c1-24(2)33(41-18-17-39-30(47)15-21-53-22-19-40-29(46)14-20-44-31(48)12-13-32(44)49)34(50)43-27(7-6-16-42-36(38)52)28(45)23-25-8-10-26(11-9-25)35(51)54-37(3,4)5/h8-13,24,27,33,41H,6-7,14-23H2,1-5H3,(H,39,47)(H,40,46)(H,43,50)(H3,38,42,52)/t27-,33+/m0/s1. The van der Waals surface area contributed by atoms with E-state index in [1.54, 1.807) is 45.0 Å². The highest BCUT2D eigenvalue weighted by molar-refractivity contribution is 6.13. The molecule has 17 nitrogen and oxygen atoms in total. The Morgan fingerprint density at radius 2 is 1.44 bits per heavy atom. The van der Waals surface area contributed by atoms with E-state index >= 15 is 0 Å². The molecule has 0 spiro atoms. The van der Waals surface area contributed by atoms with Gasteiger partial charge in [0, 0.05) is 64.1 Å². The first-order valence-electron chi connectivity index (χ1n) is 18.0. The Morgan fingerprint density at radius 3 is 2.06 bits per heavy atom. The summed E-state index contributed by atoms with van der Waals surface area (Å²) in [5.74, 6) is -2.79. The molecule has 0 aromatic heterocycles. The number of ketones is 1. The van der Waals surface area contributed by atoms with E-state index < -0.39 is 47.4 Å². The number of nitrogens with one attached hydrogen (secondary N) is 5. The van der Waals surface area contributed by atoms with Crippen LogP contribution in [0.15, 0.2) is 36.4 Å². The van der Waals surface area contributed by atoms with Gasteiger partial charge >= 0.3 is 12.0 Å². The van der Waals surface area contributed by atoms with Gasteiger partial charge in [-0.25, -0.2) is 9.59 Å². The van der Waals surface area contributed by atoms with Gasteiger partial charge < -0.3 is 41.8 Å². The van der Waals surface area contributed by atoms with E-state index in [-0.39, 0.29) is 95.1 Å². The molecule has 17 heteroatoms. The van der Waals surface area contributed by atoms with Gasteiger partial charge in [0.05, 0.1) is 30.9 Å². The van der Waals surface area contributed by atoms with Crippen molar-refractivity contribution in [3.8, 4) is 0 Å². The van der Waals surface area contributed by atoms with Crippen molar-refractivity contribution in [3.05, 3.63) is 47.5 Å². The lowest BCUT2D eigenvalue weighted by Gasteiger charge is -2.25. The molecule has 2 rings (SSSR count). The van der Waals surface area contributed by atoms with Gasteiger partial charge in [0.15, 0.2) is 5.78 Å². The summed E-state index contributed by atoms with van der Waals surface area (Å²) >= 11 is 0. The number of primary amides is 1. The van der Waals surface area contributed by atoms with Crippen molar-refractivity contribution in [1.29, 1.82) is 0 Å². The molecular weight excluding hydrogens is 702 g/mol. The summed E-state index contributed by atoms with van der Waals surface area (Å²) in [7, 11) is 0. The van der Waals surface area contributed by atoms with E-state index in [1.807, 2.05) is 13.8 Å². The van der Waals surface area contributed by atoms with E-state index in [0.717, 1.165) is 17.1 Å². The molecule has 1 aliphatic rings. The number of carbonyl (C=O) groups is 8. The molecule has 0 saturated heterocycles. The number of Topliss-reactive ketones (excluding diaryl/α,β-unsaturated/α-hetero) is 1. The van der Waals surface area contributed by atoms with Crippen molar-refractivity contribution in [1.82, 2.24) is 31.5 Å². The second-order valence-corrected chi connectivity index (χ2v) is 14.0. The van der Waals surface area contributed by atoms with E-state index in [4.69, 9.17) is 15.2 Å². The van der Waals surface area contributed by atoms with Crippen LogP contribution in [-0.2, 0) is 44.7 Å². The third-order valence-electron chi connectivity index (χ3n) is 7.91. The second kappa shape index (κ2) is 22.8. The lowest BCUT2D eigenvalue weighted by Crippen LogP contribution is -2.53. The predicted octanol–water partition coefficient (Wildman–Crippen LogP) is 0.255. The molecule has 2 atom stereocenters. The van der Waals surface area contributed by atoms with Gasteiger partial charge in [-0.1, -0.05) is 26.0 Å². The third kappa shape index (κ3) is 17.6. The number of imide groups is 1. The van der Waals surface area contributed by atoms with Crippen LogP contribution in [0.4, 0.5) is 4.79 Å². The molecule has 1 aromatic carbocycles. The summed E-state index contributed by atoms with van der Waals surface area (Å²) in [6, 6.07) is 4.26. The number of benzene rings is 1. The zero-order valence-electron chi connectivity index (χ0n) is 31.8. The van der Waals surface area contributed by atoms with Gasteiger partial charge in [-0.3, -0.25) is 33.7 Å². The number of nitrogens with zero attached hydrogens (tertiary/aromatic N) is 1. The SMILES string of the molecule is CC(C)[C@@H](NCCNC(=O)CCOCCNC(=O)CCN1C(=O)C=CC1=O)C(=O)N[C@@H](CCCNC(N)=O)C(=O)Cc1ccc(C(=O)OC(C)(C)C)cc1. The molecule has 7 amide bonds. The minimum atomic E-state index is -0.863. The highest BCUT2D eigenvalue weighted by Crippen LogP contribution is 2.14. The first-order valence-corrected chi connectivity index (χ1v) is 18.0. The van der Waals surface area contributed by atoms with Crippen LogP contribution in [0.1, 0.15) is 76.2 Å². The average Bonchev–Trinajstić information content (AvgIpc) is 3.41. The van der Waals surface area contributed by atoms with Crippen LogP contribution in [0.5, 0.6) is 0 Å². The number of hydrogen-bond donors (Lipinski definition) is 6. The maximum Gasteiger partial charge on any atom is 0.338 e. The zero-order chi connectivity index (χ0) is 40.3. The van der Waals surface area contributed by atoms with E-state index in [9.17, 15) is 38.4 Å². The Kier molecular flexibility index (Phi) is 19.0. The van der Waals surface area contributed by atoms with Crippen molar-refractivity contribution in [3.63, 3.8) is 0 Å². The number of nitrogens with two attached hydrogens (primary N) is 1. The molecule has 0 aliphatic carbocycles. The Labute approximate surface area is 315 Å². The van der Waals surface area contributed by atoms with E-state index in [1.165, 1.54) is 0 Å². The second-order valence-electron chi connectivity index (χ2n) is 14.0. The highest BCUT2D eigenvalue weighted by Gasteiger charge is 2.28. The summed E-state index contributed by atoms with van der Waals surface area (Å²) in [4.78, 5) is 98.6. The lowest BCUT2D eigenvalue weighted by molar-refractivity contribution is -0.137. The van der Waals surface area contributed by atoms with Gasteiger partial charge in [0.25, 0.3) is 11.8 Å². The van der Waals surface area contributed by atoms with Crippen molar-refractivity contribution in [2.24, 2.45) is 11.7 Å². The minimum Gasteiger partial charge on any atom is -0.456 e. The molecule has 298 valence electrons. The Hall–Kier alpha value is -5.16. The monoisotopic (exact) mass is 757 g/mol. The summed E-state index contributed by atoms with van der Waals surface area (Å²) in [5.41, 5.74) is 5.50. The molecule has 0 saturated carbocycles. The summed E-state index contributed by atoms with van der Waals surface area (Å²) in [5, 5.41) is 13.9. The van der Waals surface area contributed by atoms with Crippen LogP contribution in [0.2, 0.25) is 0 Å². The molecule has 1 aliphatic heterocycles. The fourth-order valence-electron chi connectivity index (χ4n) is 5.14. The number of hydrogen-bond acceptors (Lipinski definition) is 11. The quantitative estimate of drug-likeness (QED) is 0.0475. The lowest BCUT2D eigenvalue weighted by atomic mass is 9.97. The molecule has 7 N–H and O–H groups in total. The van der Waals surface area contributed by atoms with E-state index in [2.05, 4.69) is 26.6 Å². The van der Waals surface area contributed by atoms with Crippen LogP contribution in [0.25, 0.3) is 0 Å². The fourth-order valence-corrected chi connectivity index (χ4v) is 5.14. The number of amides is 7. The Balaban J connectivity index is 1.77. The first kappa shape index (κ1) is 45.0. The molecule has 0 radical (unpaired) electrons. The van der Waals surface area contributed by atoms with Crippen molar-refractivity contribution >= 4 is 47.3 Å². The largest absolute Gasteiger partial charge is 0.456 e. The van der Waals surface area contributed by atoms with Crippen LogP contribution < -0.4 is 32.3 Å². The van der Waals surface area contributed by atoms with Gasteiger partial charge in [0.2, 0.25) is 17.7 Å². The number of rotatable bonds is 24. The van der Waals surface area contributed by atoms with Gasteiger partial charge in [-0.05, 0) is 57.2 Å². The van der Waals surface area contributed by atoms with Crippen LogP contribution in [0.3, 0.4) is 0 Å². The van der Waals surface area contributed by atoms with Crippen molar-refractivity contribution < 1.29 is 47.8 Å². The highest BCUT2D eigenvalue weighted by atomic mass is 16.6. The predicted molar refractivity (Wildman–Crippen MR) is 198 cm³/mol. The van der Waals surface area contributed by atoms with Gasteiger partial charge in [0.1, 0.15) is 5.60 Å². The molecule has 1 heterocycles. The number of carbonyl (C=O) groups excluding carboxylic acids is 8. The Morgan fingerprint density at radius 1 is 0.815 bits per heavy atom. The van der Waals surface area contributed by atoms with E-state index in [0.29, 0.717) is 17.5 Å². The maximum absolute atomic E-state index is 13.4. The minimum absolute atomic E-state index is 0.00372. The number of esters is 1. The zero-order valence-corrected chi connectivity index (χ0v) is 31.8. The average molecular weight is 758 g/mol. The molecule has 1 aromatic rings. The Bertz CT molecular complexity index is 1490. The summed E-state index contributed by atoms with van der Waals surface area (Å²) < 4.78 is 10.8. The van der Waals surface area contributed by atoms with Crippen LogP contribution in [-0.4, -0.2) is 116 Å². The molecule has 54 heavy (non-hydrogen) atoms. The van der Waals surface area contributed by atoms with Crippen molar-refractivity contribution in [2.75, 3.05) is 45.9 Å².